The second-order valence-electron chi connectivity index (χ2n) is 3.81. The second kappa shape index (κ2) is 5.59. The molecule has 0 aliphatic carbocycles. The average Bonchev–Trinajstić information content (AvgIpc) is 2.85. The molecule has 0 amide bonds. The fraction of sp³-hybridized carbons (Fsp3) is 0.385. The Morgan fingerprint density at radius 3 is 2.82 bits per heavy atom. The summed E-state index contributed by atoms with van der Waals surface area (Å²) in [5.41, 5.74) is 2.26. The van der Waals surface area contributed by atoms with Crippen LogP contribution in [0.4, 0.5) is 0 Å². The van der Waals surface area contributed by atoms with Crippen LogP contribution >= 0.6 is 0 Å². The Kier molecular flexibility index (Phi) is 3.88. The van der Waals surface area contributed by atoms with Crippen molar-refractivity contribution < 1.29 is 4.52 Å². The molecular formula is C13H17N3O. The minimum absolute atomic E-state index is 0.607. The minimum atomic E-state index is 0.607. The molecule has 1 heterocycles. The first-order chi connectivity index (χ1) is 8.35. The summed E-state index contributed by atoms with van der Waals surface area (Å²) in [4.78, 5) is 4.39. The maximum Gasteiger partial charge on any atom is 0.258 e. The van der Waals surface area contributed by atoms with Crippen molar-refractivity contribution in [3.05, 3.63) is 35.7 Å². The van der Waals surface area contributed by atoms with Crippen LogP contribution in [0.25, 0.3) is 11.5 Å². The van der Waals surface area contributed by atoms with Gasteiger partial charge in [-0.15, -0.1) is 0 Å². The highest BCUT2D eigenvalue weighted by molar-refractivity contribution is 5.58. The van der Waals surface area contributed by atoms with E-state index < -0.39 is 0 Å². The van der Waals surface area contributed by atoms with Crippen molar-refractivity contribution in [2.75, 3.05) is 6.54 Å². The molecule has 0 aliphatic heterocycles. The molecule has 0 bridgehead atoms. The smallest absolute Gasteiger partial charge is 0.258 e. The summed E-state index contributed by atoms with van der Waals surface area (Å²) in [5.74, 6) is 1.31. The number of benzene rings is 1. The fourth-order valence-corrected chi connectivity index (χ4v) is 1.71. The van der Waals surface area contributed by atoms with E-state index in [1.165, 1.54) is 5.56 Å². The van der Waals surface area contributed by atoms with Crippen molar-refractivity contribution in [3.8, 4) is 11.5 Å². The summed E-state index contributed by atoms with van der Waals surface area (Å²) in [6.45, 7) is 5.71. The summed E-state index contributed by atoms with van der Waals surface area (Å²) in [7, 11) is 0. The molecule has 0 aliphatic rings. The zero-order valence-electron chi connectivity index (χ0n) is 10.2. The average molecular weight is 231 g/mol. The van der Waals surface area contributed by atoms with Crippen molar-refractivity contribution in [1.29, 1.82) is 0 Å². The van der Waals surface area contributed by atoms with E-state index in [1.54, 1.807) is 0 Å². The van der Waals surface area contributed by atoms with Gasteiger partial charge in [-0.05, 0) is 24.6 Å². The van der Waals surface area contributed by atoms with E-state index in [2.05, 4.69) is 28.4 Å². The molecule has 0 spiro atoms. The van der Waals surface area contributed by atoms with Crippen LogP contribution < -0.4 is 5.32 Å². The summed E-state index contributed by atoms with van der Waals surface area (Å²) in [6, 6.07) is 8.12. The number of aromatic nitrogens is 2. The van der Waals surface area contributed by atoms with Gasteiger partial charge in [0.2, 0.25) is 0 Å². The first kappa shape index (κ1) is 11.8. The van der Waals surface area contributed by atoms with Crippen LogP contribution in [-0.4, -0.2) is 16.7 Å². The van der Waals surface area contributed by atoms with Crippen LogP contribution in [0.5, 0.6) is 0 Å². The maximum absolute atomic E-state index is 5.29. The highest BCUT2D eigenvalue weighted by Gasteiger charge is 2.11. The van der Waals surface area contributed by atoms with Gasteiger partial charge in [0.05, 0.1) is 6.54 Å². The topological polar surface area (TPSA) is 51.0 Å². The lowest BCUT2D eigenvalue weighted by Crippen LogP contribution is -2.12. The predicted octanol–water partition coefficient (Wildman–Crippen LogP) is 2.41. The molecule has 1 aromatic heterocycles. The van der Waals surface area contributed by atoms with Gasteiger partial charge >= 0.3 is 0 Å². The molecule has 4 heteroatoms. The van der Waals surface area contributed by atoms with Crippen molar-refractivity contribution in [2.45, 2.75) is 26.8 Å². The molecule has 2 aromatic rings. The monoisotopic (exact) mass is 231 g/mol. The standard InChI is InChI=1S/C13H17N3O/c1-3-10-7-5-6-8-11(10)13-15-12(16-17-13)9-14-4-2/h5-8,14H,3-4,9H2,1-2H3. The van der Waals surface area contributed by atoms with Gasteiger partial charge in [0.1, 0.15) is 0 Å². The Hall–Kier alpha value is -1.68. The van der Waals surface area contributed by atoms with E-state index in [1.807, 2.05) is 25.1 Å². The molecule has 90 valence electrons. The highest BCUT2D eigenvalue weighted by atomic mass is 16.5. The van der Waals surface area contributed by atoms with E-state index in [9.17, 15) is 0 Å². The van der Waals surface area contributed by atoms with Gasteiger partial charge in [-0.3, -0.25) is 0 Å². The van der Waals surface area contributed by atoms with E-state index >= 15 is 0 Å². The normalized spacial score (nSPS) is 10.7. The molecule has 0 saturated carbocycles. The molecule has 0 saturated heterocycles. The second-order valence-corrected chi connectivity index (χ2v) is 3.81. The summed E-state index contributed by atoms with van der Waals surface area (Å²) in [6.07, 6.45) is 0.959. The molecular weight excluding hydrogens is 214 g/mol. The quantitative estimate of drug-likeness (QED) is 0.858. The molecule has 2 rings (SSSR count). The van der Waals surface area contributed by atoms with Gasteiger partial charge in [-0.2, -0.15) is 4.98 Å². The van der Waals surface area contributed by atoms with Gasteiger partial charge in [0.25, 0.3) is 5.89 Å². The number of nitrogens with zero attached hydrogens (tertiary/aromatic N) is 2. The van der Waals surface area contributed by atoms with Gasteiger partial charge < -0.3 is 9.84 Å². The molecule has 1 N–H and O–H groups in total. The predicted molar refractivity (Wildman–Crippen MR) is 66.5 cm³/mol. The Balaban J connectivity index is 2.24. The Morgan fingerprint density at radius 2 is 2.06 bits per heavy atom. The van der Waals surface area contributed by atoms with Crippen LogP contribution in [0.15, 0.2) is 28.8 Å². The van der Waals surface area contributed by atoms with Crippen molar-refractivity contribution in [2.24, 2.45) is 0 Å². The van der Waals surface area contributed by atoms with Crippen LogP contribution in [0, 0.1) is 0 Å². The lowest BCUT2D eigenvalue weighted by atomic mass is 10.1. The number of aryl methyl sites for hydroxylation is 1. The zero-order chi connectivity index (χ0) is 12.1. The maximum atomic E-state index is 5.29. The summed E-state index contributed by atoms with van der Waals surface area (Å²) >= 11 is 0. The summed E-state index contributed by atoms with van der Waals surface area (Å²) < 4.78 is 5.29. The number of hydrogen-bond donors (Lipinski definition) is 1. The van der Waals surface area contributed by atoms with E-state index in [0.29, 0.717) is 18.3 Å². The zero-order valence-corrected chi connectivity index (χ0v) is 10.2. The van der Waals surface area contributed by atoms with E-state index in [4.69, 9.17) is 4.52 Å². The Bertz CT molecular complexity index is 479. The molecule has 0 radical (unpaired) electrons. The number of rotatable bonds is 5. The van der Waals surface area contributed by atoms with Gasteiger partial charge in [0, 0.05) is 5.56 Å². The van der Waals surface area contributed by atoms with E-state index in [-0.39, 0.29) is 0 Å². The Labute approximate surface area is 101 Å². The van der Waals surface area contributed by atoms with Gasteiger partial charge in [0.15, 0.2) is 5.82 Å². The fourth-order valence-electron chi connectivity index (χ4n) is 1.71. The van der Waals surface area contributed by atoms with Gasteiger partial charge in [-0.1, -0.05) is 37.2 Å². The molecule has 17 heavy (non-hydrogen) atoms. The lowest BCUT2D eigenvalue weighted by Gasteiger charge is -2.01. The third kappa shape index (κ3) is 2.71. The van der Waals surface area contributed by atoms with Crippen LogP contribution in [0.1, 0.15) is 25.2 Å². The Morgan fingerprint density at radius 1 is 1.24 bits per heavy atom. The van der Waals surface area contributed by atoms with Crippen LogP contribution in [-0.2, 0) is 13.0 Å². The summed E-state index contributed by atoms with van der Waals surface area (Å²) in [5, 5.41) is 7.13. The first-order valence-corrected chi connectivity index (χ1v) is 5.96. The van der Waals surface area contributed by atoms with Crippen LogP contribution in [0.2, 0.25) is 0 Å². The number of nitrogens with one attached hydrogen (secondary N) is 1. The van der Waals surface area contributed by atoms with Crippen molar-refractivity contribution >= 4 is 0 Å². The SMILES string of the molecule is CCNCc1noc(-c2ccccc2CC)n1. The number of hydrogen-bond acceptors (Lipinski definition) is 4. The first-order valence-electron chi connectivity index (χ1n) is 5.96. The third-order valence-electron chi connectivity index (χ3n) is 2.63. The van der Waals surface area contributed by atoms with Crippen molar-refractivity contribution in [1.82, 2.24) is 15.5 Å². The molecule has 0 atom stereocenters. The molecule has 0 unspecified atom stereocenters. The minimum Gasteiger partial charge on any atom is -0.334 e. The van der Waals surface area contributed by atoms with E-state index in [0.717, 1.165) is 18.5 Å². The van der Waals surface area contributed by atoms with Crippen LogP contribution in [0.3, 0.4) is 0 Å². The molecule has 1 aromatic carbocycles. The third-order valence-corrected chi connectivity index (χ3v) is 2.63. The molecule has 4 nitrogen and oxygen atoms in total. The largest absolute Gasteiger partial charge is 0.334 e. The van der Waals surface area contributed by atoms with Crippen molar-refractivity contribution in [3.63, 3.8) is 0 Å². The lowest BCUT2D eigenvalue weighted by molar-refractivity contribution is 0.419. The van der Waals surface area contributed by atoms with Gasteiger partial charge in [-0.25, -0.2) is 0 Å². The molecule has 0 fully saturated rings. The highest BCUT2D eigenvalue weighted by Crippen LogP contribution is 2.22.